The summed E-state index contributed by atoms with van der Waals surface area (Å²) in [7, 11) is 3.25. The van der Waals surface area contributed by atoms with E-state index in [-0.39, 0.29) is 11.9 Å². The van der Waals surface area contributed by atoms with Gasteiger partial charge in [-0.25, -0.2) is 0 Å². The van der Waals surface area contributed by atoms with Gasteiger partial charge in [0.2, 0.25) is 5.91 Å². The number of ether oxygens (including phenoxy) is 1. The third kappa shape index (κ3) is 4.05. The van der Waals surface area contributed by atoms with Crippen molar-refractivity contribution in [2.45, 2.75) is 31.8 Å². The number of thiophene rings is 1. The van der Waals surface area contributed by atoms with E-state index >= 15 is 0 Å². The summed E-state index contributed by atoms with van der Waals surface area (Å²) < 4.78 is 4.66. The Bertz CT molecular complexity index is 487. The summed E-state index contributed by atoms with van der Waals surface area (Å²) in [6.07, 6.45) is 1.84. The molecule has 0 saturated carbocycles. The Kier molecular flexibility index (Phi) is 5.14. The number of hydrogen-bond donors (Lipinski definition) is 1. The standard InChI is InChI=1S/C14H20N2O3S/c1-16-9-10(3-6-13(16)17)15-8-12-5-4-11(20-12)7-14(18)19-2/h4-5,10,15H,3,6-9H2,1-2H3. The van der Waals surface area contributed by atoms with Crippen molar-refractivity contribution in [3.8, 4) is 0 Å². The summed E-state index contributed by atoms with van der Waals surface area (Å²) in [6.45, 7) is 1.54. The first-order valence-electron chi connectivity index (χ1n) is 6.70. The largest absolute Gasteiger partial charge is 0.469 e. The van der Waals surface area contributed by atoms with Crippen molar-refractivity contribution in [3.05, 3.63) is 21.9 Å². The van der Waals surface area contributed by atoms with Gasteiger partial charge >= 0.3 is 5.97 Å². The van der Waals surface area contributed by atoms with Crippen LogP contribution in [0.3, 0.4) is 0 Å². The van der Waals surface area contributed by atoms with E-state index in [2.05, 4.69) is 10.1 Å². The number of nitrogens with one attached hydrogen (secondary N) is 1. The Hall–Kier alpha value is -1.40. The minimum atomic E-state index is -0.209. The zero-order valence-corrected chi connectivity index (χ0v) is 12.7. The lowest BCUT2D eigenvalue weighted by Gasteiger charge is -2.30. The molecule has 0 aromatic carbocycles. The van der Waals surface area contributed by atoms with E-state index in [0.29, 0.717) is 18.9 Å². The van der Waals surface area contributed by atoms with E-state index in [4.69, 9.17) is 0 Å². The maximum absolute atomic E-state index is 11.4. The molecule has 1 aliphatic heterocycles. The van der Waals surface area contributed by atoms with Crippen LogP contribution >= 0.6 is 11.3 Å². The van der Waals surface area contributed by atoms with Crippen LogP contribution in [0.2, 0.25) is 0 Å². The second kappa shape index (κ2) is 6.85. The number of rotatable bonds is 5. The molecule has 0 bridgehead atoms. The van der Waals surface area contributed by atoms with Crippen molar-refractivity contribution in [1.82, 2.24) is 10.2 Å². The van der Waals surface area contributed by atoms with Crippen molar-refractivity contribution >= 4 is 23.2 Å². The average molecular weight is 296 g/mol. The smallest absolute Gasteiger partial charge is 0.310 e. The topological polar surface area (TPSA) is 58.6 Å². The second-order valence-corrected chi connectivity index (χ2v) is 6.26. The van der Waals surface area contributed by atoms with Gasteiger partial charge in [0.1, 0.15) is 0 Å². The SMILES string of the molecule is COC(=O)Cc1ccc(CNC2CCC(=O)N(C)C2)s1. The maximum atomic E-state index is 11.4. The van der Waals surface area contributed by atoms with Gasteiger partial charge in [-0.15, -0.1) is 11.3 Å². The van der Waals surface area contributed by atoms with Crippen LogP contribution in [0.1, 0.15) is 22.6 Å². The molecule has 2 heterocycles. The molecule has 0 radical (unpaired) electrons. The fraction of sp³-hybridized carbons (Fsp3) is 0.571. The molecule has 1 aromatic rings. The molecule has 1 fully saturated rings. The van der Waals surface area contributed by atoms with Crippen LogP contribution in [0.5, 0.6) is 0 Å². The van der Waals surface area contributed by atoms with Crippen LogP contribution in [-0.2, 0) is 27.3 Å². The molecule has 110 valence electrons. The average Bonchev–Trinajstić information content (AvgIpc) is 2.87. The first-order chi connectivity index (χ1) is 9.58. The van der Waals surface area contributed by atoms with Crippen molar-refractivity contribution in [2.75, 3.05) is 20.7 Å². The zero-order chi connectivity index (χ0) is 14.5. The van der Waals surface area contributed by atoms with Crippen LogP contribution in [0.25, 0.3) is 0 Å². The normalized spacial score (nSPS) is 19.2. The Labute approximate surface area is 122 Å². The molecule has 1 aliphatic rings. The van der Waals surface area contributed by atoms with E-state index in [1.54, 1.807) is 16.2 Å². The predicted molar refractivity (Wildman–Crippen MR) is 77.5 cm³/mol. The maximum Gasteiger partial charge on any atom is 0.310 e. The Morgan fingerprint density at radius 2 is 2.25 bits per heavy atom. The summed E-state index contributed by atoms with van der Waals surface area (Å²) in [4.78, 5) is 26.6. The molecule has 1 atom stereocenters. The van der Waals surface area contributed by atoms with E-state index < -0.39 is 0 Å². The van der Waals surface area contributed by atoms with Crippen LogP contribution in [0.4, 0.5) is 0 Å². The fourth-order valence-electron chi connectivity index (χ4n) is 2.25. The molecule has 0 aliphatic carbocycles. The lowest BCUT2D eigenvalue weighted by Crippen LogP contribution is -2.46. The number of carbonyl (C=O) groups is 2. The zero-order valence-electron chi connectivity index (χ0n) is 11.8. The number of likely N-dealkylation sites (tertiary alicyclic amines) is 1. The van der Waals surface area contributed by atoms with E-state index in [9.17, 15) is 9.59 Å². The quantitative estimate of drug-likeness (QED) is 0.829. The molecule has 2 rings (SSSR count). The summed E-state index contributed by atoms with van der Waals surface area (Å²) in [5.41, 5.74) is 0. The number of likely N-dealkylation sites (N-methyl/N-ethyl adjacent to an activating group) is 1. The highest BCUT2D eigenvalue weighted by Crippen LogP contribution is 2.18. The molecule has 1 aromatic heterocycles. The van der Waals surface area contributed by atoms with E-state index in [0.717, 1.165) is 24.4 Å². The number of carbonyl (C=O) groups excluding carboxylic acids is 2. The third-order valence-electron chi connectivity index (χ3n) is 3.46. The van der Waals surface area contributed by atoms with Crippen LogP contribution < -0.4 is 5.32 Å². The highest BCUT2D eigenvalue weighted by molar-refractivity contribution is 7.12. The number of esters is 1. The molecule has 1 amide bonds. The molecule has 0 spiro atoms. The van der Waals surface area contributed by atoms with Crippen molar-refractivity contribution in [1.29, 1.82) is 0 Å². The monoisotopic (exact) mass is 296 g/mol. The molecule has 20 heavy (non-hydrogen) atoms. The van der Waals surface area contributed by atoms with Crippen molar-refractivity contribution in [3.63, 3.8) is 0 Å². The van der Waals surface area contributed by atoms with Gasteiger partial charge in [-0.2, -0.15) is 0 Å². The number of piperidine rings is 1. The lowest BCUT2D eigenvalue weighted by molar-refractivity contribution is -0.139. The summed E-state index contributed by atoms with van der Waals surface area (Å²) >= 11 is 1.62. The van der Waals surface area contributed by atoms with Gasteiger partial charge in [0.05, 0.1) is 13.5 Å². The van der Waals surface area contributed by atoms with Gasteiger partial charge in [-0.3, -0.25) is 9.59 Å². The highest BCUT2D eigenvalue weighted by atomic mass is 32.1. The van der Waals surface area contributed by atoms with E-state index in [1.807, 2.05) is 19.2 Å². The van der Waals surface area contributed by atoms with Crippen LogP contribution in [-0.4, -0.2) is 43.5 Å². The van der Waals surface area contributed by atoms with Gasteiger partial charge in [0.15, 0.2) is 0 Å². The summed E-state index contributed by atoms with van der Waals surface area (Å²) in [6, 6.07) is 4.35. The molecule has 1 N–H and O–H groups in total. The lowest BCUT2D eigenvalue weighted by atomic mass is 10.1. The van der Waals surface area contributed by atoms with Crippen molar-refractivity contribution in [2.24, 2.45) is 0 Å². The van der Waals surface area contributed by atoms with Gasteiger partial charge in [0.25, 0.3) is 0 Å². The van der Waals surface area contributed by atoms with Crippen molar-refractivity contribution < 1.29 is 14.3 Å². The van der Waals surface area contributed by atoms with Gasteiger partial charge in [-0.1, -0.05) is 0 Å². The molecule has 1 unspecified atom stereocenters. The first kappa shape index (κ1) is 15.0. The van der Waals surface area contributed by atoms with Gasteiger partial charge in [-0.05, 0) is 18.6 Å². The minimum Gasteiger partial charge on any atom is -0.469 e. The number of nitrogens with zero attached hydrogens (tertiary/aromatic N) is 1. The third-order valence-corrected chi connectivity index (χ3v) is 4.54. The molecular weight excluding hydrogens is 276 g/mol. The fourth-order valence-corrected chi connectivity index (χ4v) is 3.21. The number of methoxy groups -OCH3 is 1. The Morgan fingerprint density at radius 3 is 2.95 bits per heavy atom. The van der Waals surface area contributed by atoms with Gasteiger partial charge in [0, 0.05) is 42.4 Å². The molecule has 1 saturated heterocycles. The summed E-state index contributed by atoms with van der Waals surface area (Å²) in [5.74, 6) is 0.0123. The first-order valence-corrected chi connectivity index (χ1v) is 7.52. The van der Waals surface area contributed by atoms with Crippen LogP contribution in [0.15, 0.2) is 12.1 Å². The number of hydrogen-bond acceptors (Lipinski definition) is 5. The second-order valence-electron chi connectivity index (χ2n) is 5.01. The molecule has 6 heteroatoms. The minimum absolute atomic E-state index is 0.209. The number of amides is 1. The highest BCUT2D eigenvalue weighted by Gasteiger charge is 2.22. The Balaban J connectivity index is 1.79. The molecular formula is C14H20N2O3S. The van der Waals surface area contributed by atoms with Crippen LogP contribution in [0, 0.1) is 0 Å². The Morgan fingerprint density at radius 1 is 1.50 bits per heavy atom. The predicted octanol–water partition coefficient (Wildman–Crippen LogP) is 1.17. The molecule has 5 nitrogen and oxygen atoms in total. The van der Waals surface area contributed by atoms with Gasteiger partial charge < -0.3 is 15.0 Å². The summed E-state index contributed by atoms with van der Waals surface area (Å²) in [5, 5.41) is 3.47. The van der Waals surface area contributed by atoms with E-state index in [1.165, 1.54) is 12.0 Å².